The van der Waals surface area contributed by atoms with E-state index in [4.69, 9.17) is 16.6 Å². The molecule has 19 heavy (non-hydrogen) atoms. The van der Waals surface area contributed by atoms with Crippen molar-refractivity contribution >= 4 is 17.7 Å². The number of nitrogens with zero attached hydrogens (tertiary/aromatic N) is 1. The smallest absolute Gasteiger partial charge is 0.320 e. The monoisotopic (exact) mass is 265 g/mol. The number of benzene rings is 1. The van der Waals surface area contributed by atoms with Gasteiger partial charge in [0.25, 0.3) is 0 Å². The van der Waals surface area contributed by atoms with Crippen LogP contribution in [0.4, 0.5) is 10.5 Å². The first-order valence-corrected chi connectivity index (χ1v) is 5.99. The molecule has 1 rings (SSSR count). The first-order chi connectivity index (χ1) is 8.82. The Bertz CT molecular complexity index is 457. The second kappa shape index (κ2) is 6.19. The van der Waals surface area contributed by atoms with E-state index < -0.39 is 18.0 Å². The van der Waals surface area contributed by atoms with Crippen LogP contribution in [0, 0.1) is 0 Å². The van der Waals surface area contributed by atoms with Crippen LogP contribution in [0.1, 0.15) is 19.4 Å². The van der Waals surface area contributed by atoms with E-state index in [0.29, 0.717) is 5.69 Å². The number of carbonyl (C=O) groups is 2. The SMILES string of the molecule is CC(C)N(C(N)=O)c1ccc(C[C@H](N)C(=O)O)cc1. The second-order valence-electron chi connectivity index (χ2n) is 4.62. The van der Waals surface area contributed by atoms with Crippen molar-refractivity contribution in [3.8, 4) is 0 Å². The zero-order chi connectivity index (χ0) is 14.6. The van der Waals surface area contributed by atoms with Gasteiger partial charge >= 0.3 is 12.0 Å². The van der Waals surface area contributed by atoms with E-state index >= 15 is 0 Å². The summed E-state index contributed by atoms with van der Waals surface area (Å²) in [6.45, 7) is 3.72. The van der Waals surface area contributed by atoms with Crippen molar-refractivity contribution in [3.63, 3.8) is 0 Å². The number of amides is 2. The highest BCUT2D eigenvalue weighted by Gasteiger charge is 2.16. The first-order valence-electron chi connectivity index (χ1n) is 5.99. The molecule has 6 nitrogen and oxygen atoms in total. The van der Waals surface area contributed by atoms with Gasteiger partial charge < -0.3 is 16.6 Å². The largest absolute Gasteiger partial charge is 0.480 e. The minimum atomic E-state index is -1.04. The molecule has 6 heteroatoms. The number of anilines is 1. The Hall–Kier alpha value is -2.08. The Kier molecular flexibility index (Phi) is 4.88. The molecule has 1 aromatic carbocycles. The Labute approximate surface area is 112 Å². The highest BCUT2D eigenvalue weighted by atomic mass is 16.4. The van der Waals surface area contributed by atoms with Crippen LogP contribution in [-0.2, 0) is 11.2 Å². The summed E-state index contributed by atoms with van der Waals surface area (Å²) < 4.78 is 0. The molecule has 0 aliphatic carbocycles. The number of rotatable bonds is 5. The van der Waals surface area contributed by atoms with Gasteiger partial charge in [0.15, 0.2) is 0 Å². The number of carboxylic acid groups (broad SMARTS) is 1. The molecule has 2 amide bonds. The normalized spacial score (nSPS) is 12.2. The molecule has 0 heterocycles. The van der Waals surface area contributed by atoms with Crippen LogP contribution in [0.2, 0.25) is 0 Å². The molecule has 0 radical (unpaired) electrons. The third-order valence-corrected chi connectivity index (χ3v) is 2.74. The Morgan fingerprint density at radius 2 is 1.79 bits per heavy atom. The standard InChI is InChI=1S/C13H19N3O3/c1-8(2)16(13(15)19)10-5-3-9(4-6-10)7-11(14)12(17)18/h3-6,8,11H,7,14H2,1-2H3,(H2,15,19)(H,17,18)/t11-/m0/s1. The van der Waals surface area contributed by atoms with Gasteiger partial charge in [0.05, 0.1) is 0 Å². The van der Waals surface area contributed by atoms with Gasteiger partial charge in [-0.1, -0.05) is 12.1 Å². The van der Waals surface area contributed by atoms with Crippen molar-refractivity contribution in [2.75, 3.05) is 4.90 Å². The lowest BCUT2D eigenvalue weighted by Gasteiger charge is -2.24. The molecule has 1 aromatic rings. The van der Waals surface area contributed by atoms with Gasteiger partial charge in [0.2, 0.25) is 0 Å². The Morgan fingerprint density at radius 1 is 1.26 bits per heavy atom. The minimum Gasteiger partial charge on any atom is -0.480 e. The average Bonchev–Trinajstić information content (AvgIpc) is 2.30. The summed E-state index contributed by atoms with van der Waals surface area (Å²) in [5, 5.41) is 8.74. The highest BCUT2D eigenvalue weighted by molar-refractivity contribution is 5.91. The van der Waals surface area contributed by atoms with Crippen LogP contribution in [0.25, 0.3) is 0 Å². The summed E-state index contributed by atoms with van der Waals surface area (Å²) in [5.74, 6) is -1.04. The number of aliphatic carboxylic acids is 1. The lowest BCUT2D eigenvalue weighted by Crippen LogP contribution is -2.40. The number of hydrogen-bond acceptors (Lipinski definition) is 3. The van der Waals surface area contributed by atoms with E-state index in [0.717, 1.165) is 5.56 Å². The predicted octanol–water partition coefficient (Wildman–Crippen LogP) is 0.935. The van der Waals surface area contributed by atoms with E-state index in [9.17, 15) is 9.59 Å². The summed E-state index contributed by atoms with van der Waals surface area (Å²) in [5.41, 5.74) is 12.3. The van der Waals surface area contributed by atoms with E-state index in [-0.39, 0.29) is 12.5 Å². The van der Waals surface area contributed by atoms with Crippen LogP contribution in [0.15, 0.2) is 24.3 Å². The number of hydrogen-bond donors (Lipinski definition) is 3. The topological polar surface area (TPSA) is 110 Å². The maximum atomic E-state index is 11.3. The zero-order valence-corrected chi connectivity index (χ0v) is 11.0. The predicted molar refractivity (Wildman–Crippen MR) is 73.0 cm³/mol. The minimum absolute atomic E-state index is 0.0513. The molecule has 0 fully saturated rings. The number of carbonyl (C=O) groups excluding carboxylic acids is 1. The Morgan fingerprint density at radius 3 is 2.16 bits per heavy atom. The summed E-state index contributed by atoms with van der Waals surface area (Å²) >= 11 is 0. The molecule has 0 unspecified atom stereocenters. The summed E-state index contributed by atoms with van der Waals surface area (Å²) in [6.07, 6.45) is 0.244. The van der Waals surface area contributed by atoms with Gasteiger partial charge in [-0.2, -0.15) is 0 Å². The first kappa shape index (κ1) is 15.0. The molecule has 1 atom stereocenters. The lowest BCUT2D eigenvalue weighted by molar-refractivity contribution is -0.138. The van der Waals surface area contributed by atoms with E-state index in [1.54, 1.807) is 24.3 Å². The van der Waals surface area contributed by atoms with Crippen molar-refractivity contribution < 1.29 is 14.7 Å². The van der Waals surface area contributed by atoms with Crippen molar-refractivity contribution in [2.24, 2.45) is 11.5 Å². The summed E-state index contributed by atoms with van der Waals surface area (Å²) in [7, 11) is 0. The molecule has 5 N–H and O–H groups in total. The van der Waals surface area contributed by atoms with Gasteiger partial charge in [0, 0.05) is 11.7 Å². The average molecular weight is 265 g/mol. The summed E-state index contributed by atoms with van der Waals surface area (Å²) in [6, 6.07) is 5.45. The van der Waals surface area contributed by atoms with Crippen LogP contribution in [-0.4, -0.2) is 29.2 Å². The molecule has 0 aromatic heterocycles. The van der Waals surface area contributed by atoms with E-state index in [1.807, 2.05) is 13.8 Å². The third kappa shape index (κ3) is 3.96. The maximum Gasteiger partial charge on any atom is 0.320 e. The summed E-state index contributed by atoms with van der Waals surface area (Å²) in [4.78, 5) is 23.5. The molecule has 0 aliphatic heterocycles. The Balaban J connectivity index is 2.86. The molecular weight excluding hydrogens is 246 g/mol. The van der Waals surface area contributed by atoms with Crippen LogP contribution in [0.3, 0.4) is 0 Å². The van der Waals surface area contributed by atoms with Gasteiger partial charge in [-0.25, -0.2) is 4.79 Å². The van der Waals surface area contributed by atoms with Crippen molar-refractivity contribution in [1.29, 1.82) is 0 Å². The molecule has 0 saturated carbocycles. The lowest BCUT2D eigenvalue weighted by atomic mass is 10.1. The maximum absolute atomic E-state index is 11.3. The zero-order valence-electron chi connectivity index (χ0n) is 11.0. The molecule has 0 bridgehead atoms. The van der Waals surface area contributed by atoms with E-state index in [1.165, 1.54) is 4.90 Å². The number of urea groups is 1. The highest BCUT2D eigenvalue weighted by Crippen LogP contribution is 2.18. The van der Waals surface area contributed by atoms with Gasteiger partial charge in [-0.15, -0.1) is 0 Å². The van der Waals surface area contributed by atoms with Crippen LogP contribution < -0.4 is 16.4 Å². The quantitative estimate of drug-likeness (QED) is 0.735. The van der Waals surface area contributed by atoms with Crippen LogP contribution in [0.5, 0.6) is 0 Å². The van der Waals surface area contributed by atoms with Gasteiger partial charge in [-0.3, -0.25) is 9.69 Å². The second-order valence-corrected chi connectivity index (χ2v) is 4.62. The molecule has 0 spiro atoms. The van der Waals surface area contributed by atoms with Gasteiger partial charge in [0.1, 0.15) is 6.04 Å². The van der Waals surface area contributed by atoms with Crippen molar-refractivity contribution in [1.82, 2.24) is 0 Å². The fourth-order valence-electron chi connectivity index (χ4n) is 1.81. The van der Waals surface area contributed by atoms with Crippen molar-refractivity contribution in [2.45, 2.75) is 32.4 Å². The third-order valence-electron chi connectivity index (χ3n) is 2.74. The van der Waals surface area contributed by atoms with Crippen molar-refractivity contribution in [3.05, 3.63) is 29.8 Å². The van der Waals surface area contributed by atoms with Gasteiger partial charge in [-0.05, 0) is 38.0 Å². The molecule has 104 valence electrons. The van der Waals surface area contributed by atoms with E-state index in [2.05, 4.69) is 0 Å². The molecule has 0 saturated heterocycles. The fourth-order valence-corrected chi connectivity index (χ4v) is 1.81. The fraction of sp³-hybridized carbons (Fsp3) is 0.385. The number of primary amides is 1. The number of carboxylic acids is 1. The molecular formula is C13H19N3O3. The molecule has 0 aliphatic rings. The number of nitrogens with two attached hydrogens (primary N) is 2. The van der Waals surface area contributed by atoms with Crippen LogP contribution >= 0.6 is 0 Å².